The third-order valence-corrected chi connectivity index (χ3v) is 6.10. The van der Waals surface area contributed by atoms with Crippen LogP contribution in [0.2, 0.25) is 0 Å². The summed E-state index contributed by atoms with van der Waals surface area (Å²) in [7, 11) is 0. The third kappa shape index (κ3) is 4.05. The highest BCUT2D eigenvalue weighted by molar-refractivity contribution is 6.01. The molecule has 3 aliphatic heterocycles. The fourth-order valence-electron chi connectivity index (χ4n) is 4.55. The lowest BCUT2D eigenvalue weighted by molar-refractivity contribution is -0.154. The topological polar surface area (TPSA) is 71.4 Å². The average molecular weight is 390 g/mol. The summed E-state index contributed by atoms with van der Waals surface area (Å²) in [6.45, 7) is 2.19. The Morgan fingerprint density at radius 2 is 2.18 bits per heavy atom. The second-order valence-electron chi connectivity index (χ2n) is 8.12. The molecular weight excluding hydrogens is 363 g/mol. The van der Waals surface area contributed by atoms with Crippen LogP contribution in [0.1, 0.15) is 44.1 Å². The smallest absolute Gasteiger partial charge is 0.229 e. The molecule has 3 aliphatic rings. The fraction of sp³-hybridized carbons (Fsp3) is 0.619. The van der Waals surface area contributed by atoms with Crippen molar-refractivity contribution >= 4 is 11.6 Å². The highest BCUT2D eigenvalue weighted by Crippen LogP contribution is 2.40. The molecule has 1 aromatic carbocycles. The zero-order valence-electron chi connectivity index (χ0n) is 16.0. The second kappa shape index (κ2) is 8.17. The Morgan fingerprint density at radius 3 is 2.93 bits per heavy atom. The molecule has 3 heterocycles. The predicted molar refractivity (Wildman–Crippen MR) is 101 cm³/mol. The summed E-state index contributed by atoms with van der Waals surface area (Å²) < 4.78 is 19.0. The number of β-amino-alcohol motifs (C(OH)–C–C–N with tert-alkyl or cyclic N) is 1. The van der Waals surface area contributed by atoms with E-state index >= 15 is 0 Å². The Labute approximate surface area is 164 Å². The fourth-order valence-corrected chi connectivity index (χ4v) is 4.55. The molecular formula is C21H27FN2O4. The Balaban J connectivity index is 1.46. The van der Waals surface area contributed by atoms with Gasteiger partial charge in [0.25, 0.3) is 0 Å². The molecule has 7 heteroatoms. The van der Waals surface area contributed by atoms with Crippen LogP contribution in [0.4, 0.5) is 4.39 Å². The molecule has 0 aromatic heterocycles. The van der Waals surface area contributed by atoms with Crippen LogP contribution in [-0.2, 0) is 14.4 Å². The Morgan fingerprint density at radius 1 is 1.36 bits per heavy atom. The van der Waals surface area contributed by atoms with Crippen molar-refractivity contribution in [2.45, 2.75) is 50.7 Å². The van der Waals surface area contributed by atoms with E-state index in [2.05, 4.69) is 5.16 Å². The Bertz CT molecular complexity index is 748. The summed E-state index contributed by atoms with van der Waals surface area (Å²) in [6, 6.07) is 6.33. The second-order valence-corrected chi connectivity index (χ2v) is 8.12. The van der Waals surface area contributed by atoms with Gasteiger partial charge in [-0.2, -0.15) is 0 Å². The predicted octanol–water partition coefficient (Wildman–Crippen LogP) is 2.49. The molecule has 2 atom stereocenters. The molecule has 0 aliphatic carbocycles. The number of halogens is 1. The molecule has 28 heavy (non-hydrogen) atoms. The van der Waals surface area contributed by atoms with Crippen LogP contribution in [-0.4, -0.2) is 60.1 Å². The van der Waals surface area contributed by atoms with Crippen LogP contribution >= 0.6 is 0 Å². The summed E-state index contributed by atoms with van der Waals surface area (Å²) in [5.74, 6) is -0.208. The first-order chi connectivity index (χ1) is 13.6. The number of hydrogen-bond acceptors (Lipinski definition) is 5. The van der Waals surface area contributed by atoms with Crippen molar-refractivity contribution in [1.82, 2.24) is 4.90 Å². The molecule has 6 nitrogen and oxygen atoms in total. The average Bonchev–Trinajstić information content (AvgIpc) is 3.16. The number of amides is 1. The van der Waals surface area contributed by atoms with Gasteiger partial charge in [-0.25, -0.2) is 4.39 Å². The van der Waals surface area contributed by atoms with Crippen molar-refractivity contribution < 1.29 is 23.9 Å². The van der Waals surface area contributed by atoms with Gasteiger partial charge in [-0.3, -0.25) is 4.79 Å². The van der Waals surface area contributed by atoms with Gasteiger partial charge in [-0.15, -0.1) is 0 Å². The van der Waals surface area contributed by atoms with Crippen LogP contribution in [0.3, 0.4) is 0 Å². The maximum absolute atomic E-state index is 13.5. The summed E-state index contributed by atoms with van der Waals surface area (Å²) in [5, 5.41) is 14.1. The van der Waals surface area contributed by atoms with E-state index in [4.69, 9.17) is 9.57 Å². The van der Waals surface area contributed by atoms with Gasteiger partial charge in [0.2, 0.25) is 5.91 Å². The number of carbonyl (C=O) groups excluding carboxylic acids is 1. The largest absolute Gasteiger partial charge is 0.392 e. The number of ether oxygens (including phenoxy) is 1. The highest BCUT2D eigenvalue weighted by atomic mass is 19.1. The number of benzene rings is 1. The molecule has 4 rings (SSSR count). The van der Waals surface area contributed by atoms with Crippen molar-refractivity contribution in [1.29, 1.82) is 0 Å². The summed E-state index contributed by atoms with van der Waals surface area (Å²) in [6.07, 6.45) is 3.32. The van der Waals surface area contributed by atoms with E-state index in [0.717, 1.165) is 12.8 Å². The van der Waals surface area contributed by atoms with Gasteiger partial charge >= 0.3 is 0 Å². The number of likely N-dealkylation sites (tertiary alicyclic amines) is 1. The van der Waals surface area contributed by atoms with Crippen LogP contribution < -0.4 is 0 Å². The van der Waals surface area contributed by atoms with Gasteiger partial charge in [0.05, 0.1) is 17.2 Å². The number of carbonyl (C=O) groups is 1. The molecule has 152 valence electrons. The summed E-state index contributed by atoms with van der Waals surface area (Å²) in [5.41, 5.74) is 0.883. The minimum atomic E-state index is -0.549. The normalized spacial score (nSPS) is 27.2. The van der Waals surface area contributed by atoms with E-state index in [-0.39, 0.29) is 17.8 Å². The van der Waals surface area contributed by atoms with Gasteiger partial charge in [0.1, 0.15) is 11.9 Å². The van der Waals surface area contributed by atoms with Gasteiger partial charge in [-0.1, -0.05) is 17.3 Å². The van der Waals surface area contributed by atoms with Crippen molar-refractivity contribution in [2.24, 2.45) is 10.6 Å². The molecule has 2 fully saturated rings. The van der Waals surface area contributed by atoms with Crippen molar-refractivity contribution in [3.8, 4) is 0 Å². The lowest BCUT2D eigenvalue weighted by Gasteiger charge is -2.42. The van der Waals surface area contributed by atoms with Gasteiger partial charge in [-0.05, 0) is 37.8 Å². The molecule has 0 bridgehead atoms. The lowest BCUT2D eigenvalue weighted by atomic mass is 9.73. The van der Waals surface area contributed by atoms with Crippen molar-refractivity contribution in [3.63, 3.8) is 0 Å². The lowest BCUT2D eigenvalue weighted by Crippen LogP contribution is -2.52. The van der Waals surface area contributed by atoms with E-state index < -0.39 is 11.5 Å². The van der Waals surface area contributed by atoms with E-state index in [1.807, 2.05) is 11.0 Å². The molecule has 2 unspecified atom stereocenters. The van der Waals surface area contributed by atoms with E-state index in [1.165, 1.54) is 12.1 Å². The van der Waals surface area contributed by atoms with Gasteiger partial charge in [0, 0.05) is 44.7 Å². The first-order valence-electron chi connectivity index (χ1n) is 10.1. The number of hydrogen-bond donors (Lipinski definition) is 1. The zero-order valence-corrected chi connectivity index (χ0v) is 16.0. The number of piperidine rings is 1. The zero-order chi connectivity index (χ0) is 19.6. The Kier molecular flexibility index (Phi) is 5.64. The van der Waals surface area contributed by atoms with Crippen molar-refractivity contribution in [2.75, 3.05) is 26.3 Å². The minimum absolute atomic E-state index is 0.0948. The van der Waals surface area contributed by atoms with Crippen LogP contribution in [0.15, 0.2) is 29.4 Å². The molecule has 0 radical (unpaired) electrons. The minimum Gasteiger partial charge on any atom is -0.392 e. The Hall–Kier alpha value is -1.99. The monoisotopic (exact) mass is 390 g/mol. The summed E-state index contributed by atoms with van der Waals surface area (Å²) >= 11 is 0. The highest BCUT2D eigenvalue weighted by Gasteiger charge is 2.46. The van der Waals surface area contributed by atoms with E-state index in [0.29, 0.717) is 63.3 Å². The van der Waals surface area contributed by atoms with Crippen molar-refractivity contribution in [3.05, 3.63) is 35.6 Å². The van der Waals surface area contributed by atoms with Crippen LogP contribution in [0.25, 0.3) is 0 Å². The van der Waals surface area contributed by atoms with E-state index in [1.54, 1.807) is 6.07 Å². The van der Waals surface area contributed by atoms with Gasteiger partial charge < -0.3 is 19.6 Å². The SMILES string of the molecule is O=C(N1CCCC(O)C1)C1(CC2CC(c3cccc(F)c3)=NO2)CCOCC1. The molecule has 1 N–H and O–H groups in total. The number of rotatable bonds is 4. The standard InChI is InChI=1S/C21H27FN2O4/c22-16-4-1-3-15(11-16)19-12-18(28-23-19)13-21(6-9-27-10-7-21)20(26)24-8-2-5-17(25)14-24/h1,3-4,11,17-18,25H,2,5-10,12-14H2. The third-order valence-electron chi connectivity index (χ3n) is 6.10. The molecule has 1 aromatic rings. The molecule has 0 saturated carbocycles. The van der Waals surface area contributed by atoms with Gasteiger partial charge in [0.15, 0.2) is 0 Å². The first-order valence-corrected chi connectivity index (χ1v) is 10.1. The molecule has 0 spiro atoms. The number of oxime groups is 1. The van der Waals surface area contributed by atoms with Crippen LogP contribution in [0, 0.1) is 11.2 Å². The van der Waals surface area contributed by atoms with Crippen LogP contribution in [0.5, 0.6) is 0 Å². The first kappa shape index (κ1) is 19.3. The molecule has 1 amide bonds. The number of nitrogens with zero attached hydrogens (tertiary/aromatic N) is 2. The molecule has 2 saturated heterocycles. The maximum atomic E-state index is 13.5. The van der Waals surface area contributed by atoms with E-state index in [9.17, 15) is 14.3 Å². The number of aliphatic hydroxyl groups is 1. The maximum Gasteiger partial charge on any atom is 0.229 e. The quantitative estimate of drug-likeness (QED) is 0.858. The number of aliphatic hydroxyl groups excluding tert-OH is 1. The summed E-state index contributed by atoms with van der Waals surface area (Å²) in [4.78, 5) is 20.9.